The zero-order chi connectivity index (χ0) is 17.0. The highest BCUT2D eigenvalue weighted by molar-refractivity contribution is 6.30. The largest absolute Gasteiger partial charge is 0.496 e. The summed E-state index contributed by atoms with van der Waals surface area (Å²) in [6, 6.07) is 6.67. The number of nitrogens with one attached hydrogen (secondary N) is 1. The van der Waals surface area contributed by atoms with Gasteiger partial charge in [0.2, 0.25) is 5.91 Å². The third kappa shape index (κ3) is 4.07. The molecule has 2 aromatic rings. The van der Waals surface area contributed by atoms with Crippen LogP contribution in [0.5, 0.6) is 5.75 Å². The van der Waals surface area contributed by atoms with Gasteiger partial charge in [0.1, 0.15) is 18.0 Å². The van der Waals surface area contributed by atoms with Crippen LogP contribution in [0.3, 0.4) is 0 Å². The van der Waals surface area contributed by atoms with Crippen LogP contribution in [0.4, 0.5) is 11.4 Å². The molecule has 0 saturated heterocycles. The molecule has 1 aromatic carbocycles. The van der Waals surface area contributed by atoms with E-state index < -0.39 is 16.4 Å². The van der Waals surface area contributed by atoms with E-state index in [1.165, 1.54) is 43.6 Å². The second-order valence-electron chi connectivity index (χ2n) is 4.50. The van der Waals surface area contributed by atoms with Crippen molar-refractivity contribution in [2.45, 2.75) is 6.54 Å². The summed E-state index contributed by atoms with van der Waals surface area (Å²) >= 11 is 5.77. The van der Waals surface area contributed by atoms with Gasteiger partial charge in [-0.15, -0.1) is 0 Å². The summed E-state index contributed by atoms with van der Waals surface area (Å²) in [4.78, 5) is 34.0. The highest BCUT2D eigenvalue weighted by Gasteiger charge is 2.17. The number of halogens is 1. The maximum atomic E-state index is 12.0. The highest BCUT2D eigenvalue weighted by Crippen LogP contribution is 2.28. The Morgan fingerprint density at radius 3 is 2.78 bits per heavy atom. The van der Waals surface area contributed by atoms with Gasteiger partial charge < -0.3 is 14.6 Å². The Morgan fingerprint density at radius 1 is 1.39 bits per heavy atom. The Labute approximate surface area is 135 Å². The number of carbonyl (C=O) groups excluding carboxylic acids is 1. The number of pyridine rings is 1. The molecule has 0 aliphatic rings. The Hall–Kier alpha value is -2.87. The Bertz CT molecular complexity index is 818. The van der Waals surface area contributed by atoms with Gasteiger partial charge in [0.15, 0.2) is 0 Å². The minimum absolute atomic E-state index is 0.0101. The minimum atomic E-state index is -0.635. The average Bonchev–Trinajstić information content (AvgIpc) is 2.51. The minimum Gasteiger partial charge on any atom is -0.496 e. The van der Waals surface area contributed by atoms with Crippen molar-refractivity contribution in [3.05, 3.63) is 62.0 Å². The number of benzene rings is 1. The first-order valence-corrected chi connectivity index (χ1v) is 6.77. The number of carbonyl (C=O) groups is 1. The van der Waals surface area contributed by atoms with Gasteiger partial charge in [0.25, 0.3) is 11.2 Å². The number of rotatable bonds is 5. The lowest BCUT2D eigenvalue weighted by molar-refractivity contribution is -0.384. The molecule has 9 heteroatoms. The van der Waals surface area contributed by atoms with Crippen molar-refractivity contribution in [3.8, 4) is 5.75 Å². The van der Waals surface area contributed by atoms with Gasteiger partial charge >= 0.3 is 0 Å². The van der Waals surface area contributed by atoms with Crippen LogP contribution in [0.15, 0.2) is 41.3 Å². The van der Waals surface area contributed by atoms with Crippen LogP contribution < -0.4 is 15.6 Å². The summed E-state index contributed by atoms with van der Waals surface area (Å²) in [6.07, 6.45) is 1.31. The predicted octanol–water partition coefficient (Wildman–Crippen LogP) is 2.06. The molecule has 1 N–H and O–H groups in total. The third-order valence-corrected chi connectivity index (χ3v) is 3.16. The molecule has 0 bridgehead atoms. The summed E-state index contributed by atoms with van der Waals surface area (Å²) < 4.78 is 6.02. The van der Waals surface area contributed by atoms with Crippen LogP contribution in [0.25, 0.3) is 0 Å². The molecule has 1 aromatic heterocycles. The van der Waals surface area contributed by atoms with Crippen molar-refractivity contribution >= 4 is 28.9 Å². The summed E-state index contributed by atoms with van der Waals surface area (Å²) in [5.74, 6) is -0.302. The van der Waals surface area contributed by atoms with Gasteiger partial charge in [-0.2, -0.15) is 0 Å². The smallest absolute Gasteiger partial charge is 0.296 e. The predicted molar refractivity (Wildman–Crippen MR) is 84.0 cm³/mol. The van der Waals surface area contributed by atoms with Crippen LogP contribution in [0.1, 0.15) is 0 Å². The number of ether oxygens (including phenoxy) is 1. The molecule has 0 aliphatic heterocycles. The van der Waals surface area contributed by atoms with E-state index in [0.717, 1.165) is 4.57 Å². The van der Waals surface area contributed by atoms with Gasteiger partial charge in [-0.05, 0) is 18.2 Å². The molecule has 1 amide bonds. The first-order valence-electron chi connectivity index (χ1n) is 6.39. The van der Waals surface area contributed by atoms with Gasteiger partial charge in [-0.1, -0.05) is 11.6 Å². The lowest BCUT2D eigenvalue weighted by atomic mass is 10.2. The van der Waals surface area contributed by atoms with Crippen molar-refractivity contribution in [2.24, 2.45) is 0 Å². The van der Waals surface area contributed by atoms with Crippen LogP contribution >= 0.6 is 11.6 Å². The number of anilines is 1. The van der Waals surface area contributed by atoms with Crippen LogP contribution in [-0.4, -0.2) is 22.5 Å². The Kier molecular flexibility index (Phi) is 4.97. The number of methoxy groups -OCH3 is 1. The quantitative estimate of drug-likeness (QED) is 0.664. The van der Waals surface area contributed by atoms with Crippen molar-refractivity contribution < 1.29 is 14.5 Å². The van der Waals surface area contributed by atoms with Crippen LogP contribution in [0, 0.1) is 10.1 Å². The van der Waals surface area contributed by atoms with Gasteiger partial charge in [0, 0.05) is 12.3 Å². The van der Waals surface area contributed by atoms with E-state index in [4.69, 9.17) is 16.3 Å². The van der Waals surface area contributed by atoms with Crippen molar-refractivity contribution in [1.82, 2.24) is 4.57 Å². The maximum absolute atomic E-state index is 12.0. The third-order valence-electron chi connectivity index (χ3n) is 2.94. The second kappa shape index (κ2) is 6.93. The lowest BCUT2D eigenvalue weighted by Gasteiger charge is -2.09. The van der Waals surface area contributed by atoms with Gasteiger partial charge in [0.05, 0.1) is 23.1 Å². The van der Waals surface area contributed by atoms with Crippen molar-refractivity contribution in [2.75, 3.05) is 12.4 Å². The summed E-state index contributed by atoms with van der Waals surface area (Å²) in [5.41, 5.74) is -0.708. The van der Waals surface area contributed by atoms with E-state index in [2.05, 4.69) is 5.32 Å². The van der Waals surface area contributed by atoms with E-state index >= 15 is 0 Å². The molecule has 1 heterocycles. The molecular formula is C14H12ClN3O5. The monoisotopic (exact) mass is 337 g/mol. The summed E-state index contributed by atoms with van der Waals surface area (Å²) in [7, 11) is 1.38. The molecule has 0 spiro atoms. The highest BCUT2D eigenvalue weighted by atomic mass is 35.5. The van der Waals surface area contributed by atoms with Gasteiger partial charge in [-0.3, -0.25) is 19.7 Å². The molecule has 0 saturated carbocycles. The number of nitro benzene ring substituents is 1. The Balaban J connectivity index is 2.22. The van der Waals surface area contributed by atoms with Gasteiger partial charge in [-0.25, -0.2) is 0 Å². The molecule has 0 fully saturated rings. The fourth-order valence-corrected chi connectivity index (χ4v) is 2.05. The molecule has 8 nitrogen and oxygen atoms in total. The normalized spacial score (nSPS) is 10.2. The number of hydrogen-bond acceptors (Lipinski definition) is 5. The number of hydrogen-bond donors (Lipinski definition) is 1. The average molecular weight is 338 g/mol. The van der Waals surface area contributed by atoms with Crippen molar-refractivity contribution in [3.63, 3.8) is 0 Å². The fourth-order valence-electron chi connectivity index (χ4n) is 1.87. The SMILES string of the molecule is COc1ccc(NC(=O)Cn2cc(Cl)ccc2=O)c([N+](=O)[O-])c1. The number of amides is 1. The van der Waals surface area contributed by atoms with Crippen LogP contribution in [0.2, 0.25) is 5.02 Å². The molecule has 0 atom stereocenters. The topological polar surface area (TPSA) is 103 Å². The molecule has 120 valence electrons. The van der Waals surface area contributed by atoms with E-state index in [1.807, 2.05) is 0 Å². The van der Waals surface area contributed by atoms with E-state index in [-0.39, 0.29) is 17.9 Å². The lowest BCUT2D eigenvalue weighted by Crippen LogP contribution is -2.26. The number of nitrogens with zero attached hydrogens (tertiary/aromatic N) is 2. The first kappa shape index (κ1) is 16.5. The number of nitro groups is 1. The zero-order valence-corrected chi connectivity index (χ0v) is 12.7. The Morgan fingerprint density at radius 2 is 2.13 bits per heavy atom. The summed E-state index contributed by atoms with van der Waals surface area (Å²) in [5, 5.41) is 13.8. The fraction of sp³-hybridized carbons (Fsp3) is 0.143. The summed E-state index contributed by atoms with van der Waals surface area (Å²) in [6.45, 7) is -0.317. The molecule has 0 unspecified atom stereocenters. The first-order chi connectivity index (χ1) is 10.9. The zero-order valence-electron chi connectivity index (χ0n) is 12.0. The molecular weight excluding hydrogens is 326 g/mol. The molecule has 2 rings (SSSR count). The molecule has 0 aliphatic carbocycles. The van der Waals surface area contributed by atoms with Crippen molar-refractivity contribution in [1.29, 1.82) is 0 Å². The number of aromatic nitrogens is 1. The molecule has 23 heavy (non-hydrogen) atoms. The maximum Gasteiger partial charge on any atom is 0.296 e. The second-order valence-corrected chi connectivity index (χ2v) is 4.94. The van der Waals surface area contributed by atoms with Crippen LogP contribution in [-0.2, 0) is 11.3 Å². The standard InChI is InChI=1S/C14H12ClN3O5/c1-23-10-3-4-11(12(6-10)18(21)22)16-13(19)8-17-7-9(15)2-5-14(17)20/h2-7H,8H2,1H3,(H,16,19). The van der Waals surface area contributed by atoms with E-state index in [1.54, 1.807) is 0 Å². The van der Waals surface area contributed by atoms with E-state index in [0.29, 0.717) is 10.8 Å². The molecule has 0 radical (unpaired) electrons. The van der Waals surface area contributed by atoms with E-state index in [9.17, 15) is 19.7 Å².